The number of benzene rings is 8. The maximum Gasteiger partial charge on any atom is 0.333 e. The third-order valence-corrected chi connectivity index (χ3v) is 12.2. The van der Waals surface area contributed by atoms with Gasteiger partial charge in [-0.05, 0) is 94.8 Å². The van der Waals surface area contributed by atoms with Gasteiger partial charge in [-0.15, -0.1) is 0 Å². The van der Waals surface area contributed by atoms with E-state index < -0.39 is 0 Å². The zero-order valence-electron chi connectivity index (χ0n) is 28.6. The van der Waals surface area contributed by atoms with E-state index in [1.807, 2.05) is 24.3 Å². The molecule has 6 heteroatoms. The van der Waals surface area contributed by atoms with Crippen LogP contribution in [0.4, 0.5) is 28.4 Å². The van der Waals surface area contributed by atoms with Crippen molar-refractivity contribution in [1.82, 2.24) is 0 Å². The van der Waals surface area contributed by atoms with Crippen LogP contribution < -0.4 is 20.6 Å². The van der Waals surface area contributed by atoms with E-state index in [4.69, 9.17) is 13.3 Å². The molecular weight excluding hydrogens is 663 g/mol. The van der Waals surface area contributed by atoms with Crippen LogP contribution in [0.3, 0.4) is 0 Å². The molecule has 3 aliphatic heterocycles. The van der Waals surface area contributed by atoms with Crippen molar-refractivity contribution in [2.24, 2.45) is 0 Å². The van der Waals surface area contributed by atoms with Crippen molar-refractivity contribution < 1.29 is 13.3 Å². The van der Waals surface area contributed by atoms with Gasteiger partial charge in [0.1, 0.15) is 33.5 Å². The summed E-state index contributed by atoms with van der Waals surface area (Å²) in [7, 11) is 0. The van der Waals surface area contributed by atoms with Gasteiger partial charge in [0.15, 0.2) is 0 Å². The Labute approximate surface area is 307 Å². The van der Waals surface area contributed by atoms with Gasteiger partial charge in [0.25, 0.3) is 0 Å². The number of hydrogen-bond donors (Lipinski definition) is 0. The molecule has 5 nitrogen and oxygen atoms in total. The third kappa shape index (κ3) is 3.17. The highest BCUT2D eigenvalue weighted by Crippen LogP contribution is 2.55. The first-order valence-electron chi connectivity index (χ1n) is 18.5. The maximum absolute atomic E-state index is 6.83. The van der Waals surface area contributed by atoms with Crippen molar-refractivity contribution in [3.8, 4) is 22.3 Å². The van der Waals surface area contributed by atoms with Gasteiger partial charge in [-0.2, -0.15) is 0 Å². The lowest BCUT2D eigenvalue weighted by molar-refractivity contribution is 0.668. The van der Waals surface area contributed by atoms with Gasteiger partial charge in [-0.25, -0.2) is 0 Å². The first-order valence-corrected chi connectivity index (χ1v) is 18.5. The summed E-state index contributed by atoms with van der Waals surface area (Å²) in [5, 5.41) is 6.71. The molecule has 0 N–H and O–H groups in total. The van der Waals surface area contributed by atoms with Crippen LogP contribution in [0.2, 0.25) is 0 Å². The summed E-state index contributed by atoms with van der Waals surface area (Å²) in [6.07, 6.45) is 0. The summed E-state index contributed by atoms with van der Waals surface area (Å²) in [6.45, 7) is -0.0687. The predicted octanol–water partition coefficient (Wildman–Crippen LogP) is 12.1. The number of furan rings is 3. The van der Waals surface area contributed by atoms with Crippen molar-refractivity contribution in [2.75, 3.05) is 9.71 Å². The Hall–Kier alpha value is -7.18. The van der Waals surface area contributed by atoms with E-state index in [0.717, 1.165) is 105 Å². The normalized spacial score (nSPS) is 13.8. The van der Waals surface area contributed by atoms with Crippen molar-refractivity contribution in [3.05, 3.63) is 152 Å². The summed E-state index contributed by atoms with van der Waals surface area (Å²) in [6, 6.07) is 54.3. The number of nitrogens with zero attached hydrogens (tertiary/aromatic N) is 2. The van der Waals surface area contributed by atoms with Gasteiger partial charge in [0, 0.05) is 71.9 Å². The van der Waals surface area contributed by atoms with Crippen LogP contribution in [0.1, 0.15) is 0 Å². The quantitative estimate of drug-likeness (QED) is 0.161. The molecule has 14 rings (SSSR count). The largest absolute Gasteiger partial charge is 0.456 e. The summed E-state index contributed by atoms with van der Waals surface area (Å²) in [5.41, 5.74) is 18.2. The number of fused-ring (bicyclic) bond motifs is 17. The fourth-order valence-electron chi connectivity index (χ4n) is 10.1. The highest BCUT2D eigenvalue weighted by atomic mass is 16.3. The second kappa shape index (κ2) is 9.43. The zero-order valence-corrected chi connectivity index (χ0v) is 28.6. The van der Waals surface area contributed by atoms with Crippen molar-refractivity contribution >= 4 is 112 Å². The molecule has 6 heterocycles. The molecule has 0 bridgehead atoms. The molecule has 3 aliphatic rings. The van der Waals surface area contributed by atoms with Gasteiger partial charge in [-0.1, -0.05) is 78.9 Å². The molecule has 0 unspecified atom stereocenters. The Morgan fingerprint density at radius 3 is 1.44 bits per heavy atom. The SMILES string of the molecule is c1cc2c3c(c1)N(c1ccc4oc5ccccc5c4c1)c1cccc4c1B3N(c1ccc3c(oc5ccccc53)c1-2)c1ccc2c(oc3ccccc32)c1-4. The molecule has 0 fully saturated rings. The van der Waals surface area contributed by atoms with Crippen LogP contribution in [0.5, 0.6) is 0 Å². The van der Waals surface area contributed by atoms with Crippen molar-refractivity contribution in [3.63, 3.8) is 0 Å². The highest BCUT2D eigenvalue weighted by molar-refractivity contribution is 6.95. The minimum atomic E-state index is -0.0687. The molecule has 54 heavy (non-hydrogen) atoms. The monoisotopic (exact) mass is 688 g/mol. The Kier molecular flexibility index (Phi) is 4.80. The number of hydrogen-bond acceptors (Lipinski definition) is 5. The minimum Gasteiger partial charge on any atom is -0.456 e. The lowest BCUT2D eigenvalue weighted by Crippen LogP contribution is -2.63. The van der Waals surface area contributed by atoms with Crippen LogP contribution in [-0.4, -0.2) is 6.85 Å². The van der Waals surface area contributed by atoms with E-state index in [9.17, 15) is 0 Å². The Morgan fingerprint density at radius 2 is 0.870 bits per heavy atom. The second-order valence-electron chi connectivity index (χ2n) is 14.7. The molecule has 11 aromatic rings. The van der Waals surface area contributed by atoms with E-state index in [1.54, 1.807) is 0 Å². The number of rotatable bonds is 1. The minimum absolute atomic E-state index is 0.0687. The Balaban J connectivity index is 1.15. The van der Waals surface area contributed by atoms with Gasteiger partial charge >= 0.3 is 6.85 Å². The first kappa shape index (κ1) is 27.5. The molecule has 8 aromatic carbocycles. The lowest BCUT2D eigenvalue weighted by atomic mass is 9.41. The lowest BCUT2D eigenvalue weighted by Gasteiger charge is -2.48. The molecule has 0 spiro atoms. The summed E-state index contributed by atoms with van der Waals surface area (Å²) >= 11 is 0. The fourth-order valence-corrected chi connectivity index (χ4v) is 10.1. The Bertz CT molecular complexity index is 3320. The maximum atomic E-state index is 6.83. The summed E-state index contributed by atoms with van der Waals surface area (Å²) in [5.74, 6) is 0. The topological polar surface area (TPSA) is 45.9 Å². The molecule has 0 aliphatic carbocycles. The van der Waals surface area contributed by atoms with Crippen LogP contribution in [-0.2, 0) is 0 Å². The van der Waals surface area contributed by atoms with Gasteiger partial charge < -0.3 is 23.0 Å². The summed E-state index contributed by atoms with van der Waals surface area (Å²) < 4.78 is 20.0. The smallest absolute Gasteiger partial charge is 0.333 e. The first-order chi connectivity index (χ1) is 26.8. The van der Waals surface area contributed by atoms with Crippen molar-refractivity contribution in [1.29, 1.82) is 0 Å². The molecule has 0 saturated heterocycles. The van der Waals surface area contributed by atoms with Crippen LogP contribution in [0.15, 0.2) is 165 Å². The van der Waals surface area contributed by atoms with Gasteiger partial charge in [0.05, 0.1) is 0 Å². The van der Waals surface area contributed by atoms with Gasteiger partial charge in [0.2, 0.25) is 0 Å². The molecule has 0 radical (unpaired) electrons. The molecule has 3 aromatic heterocycles. The van der Waals surface area contributed by atoms with Crippen LogP contribution >= 0.6 is 0 Å². The van der Waals surface area contributed by atoms with Crippen LogP contribution in [0.25, 0.3) is 88.1 Å². The van der Waals surface area contributed by atoms with E-state index in [1.165, 1.54) is 22.1 Å². The molecule has 0 amide bonds. The average Bonchev–Trinajstić information content (AvgIpc) is 3.92. The zero-order chi connectivity index (χ0) is 34.8. The van der Waals surface area contributed by atoms with E-state index >= 15 is 0 Å². The van der Waals surface area contributed by atoms with E-state index in [0.29, 0.717) is 0 Å². The van der Waals surface area contributed by atoms with Crippen LogP contribution in [0, 0.1) is 0 Å². The highest BCUT2D eigenvalue weighted by Gasteiger charge is 2.50. The fraction of sp³-hybridized carbons (Fsp3) is 0. The Morgan fingerprint density at radius 1 is 0.370 bits per heavy atom. The number of para-hydroxylation sites is 3. The molecular formula is C48H25BN2O3. The molecule has 0 saturated carbocycles. The molecule has 248 valence electrons. The average molecular weight is 689 g/mol. The van der Waals surface area contributed by atoms with Crippen molar-refractivity contribution in [2.45, 2.75) is 0 Å². The van der Waals surface area contributed by atoms with E-state index in [-0.39, 0.29) is 6.85 Å². The predicted molar refractivity (Wildman–Crippen MR) is 221 cm³/mol. The summed E-state index contributed by atoms with van der Waals surface area (Å²) in [4.78, 5) is 5.02. The number of anilines is 5. The van der Waals surface area contributed by atoms with Gasteiger partial charge in [-0.3, -0.25) is 0 Å². The van der Waals surface area contributed by atoms with E-state index in [2.05, 4.69) is 137 Å². The third-order valence-electron chi connectivity index (χ3n) is 12.2. The second-order valence-corrected chi connectivity index (χ2v) is 14.7. The standard InChI is InChI=1S/C48H25BN2O3/c1-5-17-40-27(9-1)30-20-22-35-43(47(30)53-40)32-12-7-14-37-45(32)49-46-33(44-36(51(35)49)23-21-31-28-10-2-6-18-41(28)54-48(31)44)13-8-15-38(46)50(37)26-19-24-42-34(25-26)29-11-3-4-16-39(29)52-42/h1-25H. The molecule has 0 atom stereocenters.